The number of likely N-dealkylation sites (tertiary alicyclic amines) is 1. The Morgan fingerprint density at radius 1 is 1.06 bits per heavy atom. The second-order valence-corrected chi connectivity index (χ2v) is 6.68. The summed E-state index contributed by atoms with van der Waals surface area (Å²) in [5.41, 5.74) is 0.554. The van der Waals surface area contributed by atoms with Gasteiger partial charge < -0.3 is 10.2 Å². The molecule has 0 aromatic carbocycles. The van der Waals surface area contributed by atoms with Crippen molar-refractivity contribution in [3.05, 3.63) is 0 Å². The lowest BCUT2D eigenvalue weighted by molar-refractivity contribution is 0.132. The fraction of sp³-hybridized carbons (Fsp3) is 1.00. The van der Waals surface area contributed by atoms with Crippen molar-refractivity contribution in [2.45, 2.75) is 64.3 Å². The fourth-order valence-electron chi connectivity index (χ4n) is 3.21. The molecule has 1 N–H and O–H groups in total. The summed E-state index contributed by atoms with van der Waals surface area (Å²) >= 11 is 0. The van der Waals surface area contributed by atoms with Gasteiger partial charge in [-0.2, -0.15) is 0 Å². The maximum absolute atomic E-state index is 3.87. The van der Waals surface area contributed by atoms with Crippen molar-refractivity contribution in [3.8, 4) is 0 Å². The molecule has 0 spiro atoms. The highest BCUT2D eigenvalue weighted by Crippen LogP contribution is 2.30. The van der Waals surface area contributed by atoms with Gasteiger partial charge >= 0.3 is 0 Å². The molecule has 1 heterocycles. The third-order valence-corrected chi connectivity index (χ3v) is 4.87. The molecule has 1 aliphatic heterocycles. The molecule has 2 rings (SSSR count). The summed E-state index contributed by atoms with van der Waals surface area (Å²) in [5.74, 6) is 0. The number of piperidine rings is 1. The fourth-order valence-corrected chi connectivity index (χ4v) is 3.21. The van der Waals surface area contributed by atoms with Crippen molar-refractivity contribution in [2.24, 2.45) is 5.41 Å². The molecule has 2 fully saturated rings. The summed E-state index contributed by atoms with van der Waals surface area (Å²) in [6.45, 7) is 6.28. The van der Waals surface area contributed by atoms with E-state index in [0.717, 1.165) is 6.04 Å². The average molecular weight is 238 g/mol. The minimum atomic E-state index is 0.554. The van der Waals surface area contributed by atoms with Crippen LogP contribution in [0.25, 0.3) is 0 Å². The van der Waals surface area contributed by atoms with E-state index >= 15 is 0 Å². The van der Waals surface area contributed by atoms with Crippen LogP contribution in [0, 0.1) is 5.41 Å². The minimum absolute atomic E-state index is 0.554. The molecule has 1 aliphatic carbocycles. The van der Waals surface area contributed by atoms with Gasteiger partial charge in [-0.1, -0.05) is 32.6 Å². The summed E-state index contributed by atoms with van der Waals surface area (Å²) in [6.07, 6.45) is 11.4. The van der Waals surface area contributed by atoms with Gasteiger partial charge in [0.2, 0.25) is 0 Å². The van der Waals surface area contributed by atoms with E-state index < -0.39 is 0 Å². The van der Waals surface area contributed by atoms with Crippen molar-refractivity contribution >= 4 is 0 Å². The highest BCUT2D eigenvalue weighted by molar-refractivity contribution is 4.85. The lowest BCUT2D eigenvalue weighted by atomic mass is 9.80. The van der Waals surface area contributed by atoms with Crippen molar-refractivity contribution in [3.63, 3.8) is 0 Å². The van der Waals surface area contributed by atoms with E-state index in [-0.39, 0.29) is 0 Å². The van der Waals surface area contributed by atoms with Gasteiger partial charge in [-0.05, 0) is 51.2 Å². The Balaban J connectivity index is 1.72. The third kappa shape index (κ3) is 4.26. The molecule has 1 saturated carbocycles. The summed E-state index contributed by atoms with van der Waals surface area (Å²) in [6, 6.07) is 0.814. The van der Waals surface area contributed by atoms with Crippen LogP contribution < -0.4 is 5.32 Å². The lowest BCUT2D eigenvalue weighted by Gasteiger charge is -2.39. The van der Waals surface area contributed by atoms with Gasteiger partial charge in [-0.3, -0.25) is 0 Å². The Kier molecular flexibility index (Phi) is 4.87. The van der Waals surface area contributed by atoms with Gasteiger partial charge in [0.05, 0.1) is 0 Å². The van der Waals surface area contributed by atoms with Crippen LogP contribution in [0.2, 0.25) is 0 Å². The SMILES string of the molecule is CN1CCC(C)(CNC2CCCCCC2)CC1. The molecular formula is C15H30N2. The summed E-state index contributed by atoms with van der Waals surface area (Å²) in [7, 11) is 2.25. The molecule has 0 unspecified atom stereocenters. The minimum Gasteiger partial charge on any atom is -0.313 e. The van der Waals surface area contributed by atoms with Crippen molar-refractivity contribution in [1.29, 1.82) is 0 Å². The molecule has 17 heavy (non-hydrogen) atoms. The zero-order valence-electron chi connectivity index (χ0n) is 11.8. The molecule has 0 aromatic heterocycles. The first-order valence-electron chi connectivity index (χ1n) is 7.60. The molecule has 0 aromatic rings. The standard InChI is InChI=1S/C15H30N2/c1-15(9-11-17(2)12-10-15)13-16-14-7-5-3-4-6-8-14/h14,16H,3-13H2,1-2H3. The monoisotopic (exact) mass is 238 g/mol. The number of hydrogen-bond donors (Lipinski definition) is 1. The van der Waals surface area contributed by atoms with Crippen LogP contribution in [-0.4, -0.2) is 37.6 Å². The van der Waals surface area contributed by atoms with E-state index in [1.807, 2.05) is 0 Å². The van der Waals surface area contributed by atoms with Gasteiger partial charge in [-0.15, -0.1) is 0 Å². The zero-order valence-corrected chi connectivity index (χ0v) is 11.8. The molecule has 1 saturated heterocycles. The Morgan fingerprint density at radius 3 is 2.24 bits per heavy atom. The maximum Gasteiger partial charge on any atom is 0.00672 e. The van der Waals surface area contributed by atoms with Crippen molar-refractivity contribution < 1.29 is 0 Å². The number of nitrogens with one attached hydrogen (secondary N) is 1. The van der Waals surface area contributed by atoms with Crippen molar-refractivity contribution in [1.82, 2.24) is 10.2 Å². The normalized spacial score (nSPS) is 27.9. The van der Waals surface area contributed by atoms with Crippen LogP contribution in [0.15, 0.2) is 0 Å². The third-order valence-electron chi connectivity index (χ3n) is 4.87. The zero-order chi connectivity index (χ0) is 12.1. The van der Waals surface area contributed by atoms with Crippen LogP contribution in [0.4, 0.5) is 0 Å². The molecule has 0 amide bonds. The van der Waals surface area contributed by atoms with Gasteiger partial charge in [0, 0.05) is 12.6 Å². The number of rotatable bonds is 3. The van der Waals surface area contributed by atoms with Crippen molar-refractivity contribution in [2.75, 3.05) is 26.7 Å². The molecule has 0 bridgehead atoms. The van der Waals surface area contributed by atoms with E-state index in [2.05, 4.69) is 24.2 Å². The summed E-state index contributed by atoms with van der Waals surface area (Å²) in [5, 5.41) is 3.87. The van der Waals surface area contributed by atoms with E-state index in [4.69, 9.17) is 0 Å². The Bertz CT molecular complexity index is 211. The van der Waals surface area contributed by atoms with E-state index in [0.29, 0.717) is 5.41 Å². The van der Waals surface area contributed by atoms with E-state index in [1.165, 1.54) is 71.0 Å². The van der Waals surface area contributed by atoms with Gasteiger partial charge in [0.1, 0.15) is 0 Å². The van der Waals surface area contributed by atoms with Crippen LogP contribution in [-0.2, 0) is 0 Å². The molecule has 2 nitrogen and oxygen atoms in total. The quantitative estimate of drug-likeness (QED) is 0.760. The molecule has 100 valence electrons. The topological polar surface area (TPSA) is 15.3 Å². The van der Waals surface area contributed by atoms with Crippen LogP contribution in [0.5, 0.6) is 0 Å². The second kappa shape index (κ2) is 6.19. The highest BCUT2D eigenvalue weighted by Gasteiger charge is 2.29. The Labute approximate surface area is 107 Å². The first-order chi connectivity index (χ1) is 8.18. The highest BCUT2D eigenvalue weighted by atomic mass is 15.1. The van der Waals surface area contributed by atoms with E-state index in [9.17, 15) is 0 Å². The molecular weight excluding hydrogens is 208 g/mol. The number of hydrogen-bond acceptors (Lipinski definition) is 2. The first kappa shape index (κ1) is 13.4. The Hall–Kier alpha value is -0.0800. The predicted molar refractivity (Wildman–Crippen MR) is 74.3 cm³/mol. The molecule has 0 radical (unpaired) electrons. The number of nitrogens with zero attached hydrogens (tertiary/aromatic N) is 1. The Morgan fingerprint density at radius 2 is 1.65 bits per heavy atom. The molecule has 2 aliphatic rings. The second-order valence-electron chi connectivity index (χ2n) is 6.68. The average Bonchev–Trinajstić information content (AvgIpc) is 2.60. The first-order valence-corrected chi connectivity index (χ1v) is 7.60. The van der Waals surface area contributed by atoms with Crippen LogP contribution >= 0.6 is 0 Å². The largest absolute Gasteiger partial charge is 0.313 e. The predicted octanol–water partition coefficient (Wildman–Crippen LogP) is 3.03. The van der Waals surface area contributed by atoms with Crippen LogP contribution in [0.3, 0.4) is 0 Å². The summed E-state index contributed by atoms with van der Waals surface area (Å²) in [4.78, 5) is 2.47. The van der Waals surface area contributed by atoms with Gasteiger partial charge in [0.25, 0.3) is 0 Å². The van der Waals surface area contributed by atoms with Gasteiger partial charge in [-0.25, -0.2) is 0 Å². The molecule has 0 atom stereocenters. The summed E-state index contributed by atoms with van der Waals surface area (Å²) < 4.78 is 0. The molecule has 2 heteroatoms. The maximum atomic E-state index is 3.87. The van der Waals surface area contributed by atoms with Crippen LogP contribution in [0.1, 0.15) is 58.3 Å². The van der Waals surface area contributed by atoms with E-state index in [1.54, 1.807) is 0 Å². The lowest BCUT2D eigenvalue weighted by Crippen LogP contribution is -2.44. The smallest absolute Gasteiger partial charge is 0.00672 e. The van der Waals surface area contributed by atoms with Gasteiger partial charge in [0.15, 0.2) is 0 Å².